The van der Waals surface area contributed by atoms with E-state index in [1.54, 1.807) is 6.33 Å². The minimum atomic E-state index is 0.159. The Morgan fingerprint density at radius 1 is 0.846 bits per heavy atom. The van der Waals surface area contributed by atoms with E-state index in [2.05, 4.69) is 39.7 Å². The molecule has 0 amide bonds. The summed E-state index contributed by atoms with van der Waals surface area (Å²) in [6.45, 7) is 6.13. The van der Waals surface area contributed by atoms with Crippen molar-refractivity contribution in [1.29, 1.82) is 0 Å². The standard InChI is InChI=1S/C21H24N4O/c1-15(2)26-19-11-9-18(10-12-19)25-21-13-20(22-14-23-21)24-16(3)17-7-5-4-6-8-17/h4-16H,1-3H3,(H2,22,23,24,25). The normalized spacial score (nSPS) is 11.8. The van der Waals surface area contributed by atoms with Crippen molar-refractivity contribution in [2.45, 2.75) is 32.9 Å². The van der Waals surface area contributed by atoms with Crippen molar-refractivity contribution in [3.8, 4) is 5.75 Å². The summed E-state index contributed by atoms with van der Waals surface area (Å²) in [4.78, 5) is 8.60. The van der Waals surface area contributed by atoms with E-state index in [0.717, 1.165) is 23.1 Å². The van der Waals surface area contributed by atoms with E-state index in [1.807, 2.05) is 62.4 Å². The van der Waals surface area contributed by atoms with Gasteiger partial charge in [0.05, 0.1) is 6.10 Å². The van der Waals surface area contributed by atoms with Crippen LogP contribution in [0.25, 0.3) is 0 Å². The third-order valence-electron chi connectivity index (χ3n) is 3.83. The predicted octanol–water partition coefficient (Wildman–Crippen LogP) is 5.18. The molecule has 1 unspecified atom stereocenters. The van der Waals surface area contributed by atoms with Gasteiger partial charge in [-0.3, -0.25) is 0 Å². The molecule has 3 aromatic rings. The maximum atomic E-state index is 5.66. The molecule has 5 heteroatoms. The zero-order chi connectivity index (χ0) is 18.4. The SMILES string of the molecule is CC(C)Oc1ccc(Nc2cc(NC(C)c3ccccc3)ncn2)cc1. The molecule has 0 fully saturated rings. The van der Waals surface area contributed by atoms with Gasteiger partial charge in [0.2, 0.25) is 0 Å². The average molecular weight is 348 g/mol. The van der Waals surface area contributed by atoms with Gasteiger partial charge in [-0.05, 0) is 50.6 Å². The van der Waals surface area contributed by atoms with Crippen LogP contribution in [0.5, 0.6) is 5.75 Å². The van der Waals surface area contributed by atoms with Crippen LogP contribution < -0.4 is 15.4 Å². The average Bonchev–Trinajstić information content (AvgIpc) is 2.64. The maximum absolute atomic E-state index is 5.66. The van der Waals surface area contributed by atoms with Crippen molar-refractivity contribution in [1.82, 2.24) is 9.97 Å². The fourth-order valence-electron chi connectivity index (χ4n) is 2.59. The molecular formula is C21H24N4O. The highest BCUT2D eigenvalue weighted by atomic mass is 16.5. The van der Waals surface area contributed by atoms with Crippen LogP contribution in [0.2, 0.25) is 0 Å². The minimum absolute atomic E-state index is 0.159. The van der Waals surface area contributed by atoms with Crippen LogP contribution in [0.15, 0.2) is 67.0 Å². The van der Waals surface area contributed by atoms with E-state index in [-0.39, 0.29) is 12.1 Å². The second-order valence-corrected chi connectivity index (χ2v) is 6.38. The molecule has 1 atom stereocenters. The molecule has 0 aliphatic heterocycles. The van der Waals surface area contributed by atoms with Gasteiger partial charge in [0.15, 0.2) is 0 Å². The summed E-state index contributed by atoms with van der Waals surface area (Å²) in [6.07, 6.45) is 1.72. The number of benzene rings is 2. The molecule has 0 aliphatic carbocycles. The molecule has 2 aromatic carbocycles. The van der Waals surface area contributed by atoms with Gasteiger partial charge >= 0.3 is 0 Å². The Balaban J connectivity index is 1.65. The molecule has 1 aromatic heterocycles. The van der Waals surface area contributed by atoms with Crippen LogP contribution in [0.3, 0.4) is 0 Å². The highest BCUT2D eigenvalue weighted by Crippen LogP contribution is 2.22. The summed E-state index contributed by atoms with van der Waals surface area (Å²) in [7, 11) is 0. The van der Waals surface area contributed by atoms with Crippen LogP contribution in [-0.4, -0.2) is 16.1 Å². The topological polar surface area (TPSA) is 59.1 Å². The molecule has 26 heavy (non-hydrogen) atoms. The van der Waals surface area contributed by atoms with Gasteiger partial charge in [-0.15, -0.1) is 0 Å². The number of rotatable bonds is 7. The Hall–Kier alpha value is -3.08. The van der Waals surface area contributed by atoms with Gasteiger partial charge in [0.25, 0.3) is 0 Å². The summed E-state index contributed by atoms with van der Waals surface area (Å²) in [5.41, 5.74) is 2.16. The first kappa shape index (κ1) is 17.7. The lowest BCUT2D eigenvalue weighted by molar-refractivity contribution is 0.242. The summed E-state index contributed by atoms with van der Waals surface area (Å²) in [5, 5.41) is 6.70. The van der Waals surface area contributed by atoms with Crippen molar-refractivity contribution in [2.75, 3.05) is 10.6 Å². The van der Waals surface area contributed by atoms with Crippen LogP contribution in [0.4, 0.5) is 17.3 Å². The second kappa shape index (κ2) is 8.34. The fourth-order valence-corrected chi connectivity index (χ4v) is 2.59. The maximum Gasteiger partial charge on any atom is 0.135 e. The van der Waals surface area contributed by atoms with Crippen molar-refractivity contribution >= 4 is 17.3 Å². The van der Waals surface area contributed by atoms with E-state index in [1.165, 1.54) is 5.56 Å². The first-order chi connectivity index (χ1) is 12.6. The van der Waals surface area contributed by atoms with Gasteiger partial charge in [-0.25, -0.2) is 9.97 Å². The number of anilines is 3. The van der Waals surface area contributed by atoms with Crippen LogP contribution in [0, 0.1) is 0 Å². The highest BCUT2D eigenvalue weighted by molar-refractivity contribution is 5.59. The number of nitrogens with zero attached hydrogens (tertiary/aromatic N) is 2. The molecule has 0 aliphatic rings. The monoisotopic (exact) mass is 348 g/mol. The summed E-state index contributed by atoms with van der Waals surface area (Å²) in [6, 6.07) is 20.2. The first-order valence-electron chi connectivity index (χ1n) is 8.77. The van der Waals surface area contributed by atoms with Gasteiger partial charge in [0.1, 0.15) is 23.7 Å². The molecular weight excluding hydrogens is 324 g/mol. The van der Waals surface area contributed by atoms with Crippen LogP contribution in [-0.2, 0) is 0 Å². The molecule has 1 heterocycles. The molecule has 0 saturated carbocycles. The van der Waals surface area contributed by atoms with Gasteiger partial charge in [-0.2, -0.15) is 0 Å². The molecule has 0 radical (unpaired) electrons. The van der Waals surface area contributed by atoms with Crippen molar-refractivity contribution in [3.05, 3.63) is 72.6 Å². The van der Waals surface area contributed by atoms with Crippen LogP contribution >= 0.6 is 0 Å². The molecule has 5 nitrogen and oxygen atoms in total. The summed E-state index contributed by atoms with van der Waals surface area (Å²) in [5.74, 6) is 2.37. The lowest BCUT2D eigenvalue weighted by atomic mass is 10.1. The summed E-state index contributed by atoms with van der Waals surface area (Å²) < 4.78 is 5.66. The molecule has 0 saturated heterocycles. The van der Waals surface area contributed by atoms with Gasteiger partial charge in [-0.1, -0.05) is 30.3 Å². The van der Waals surface area contributed by atoms with E-state index in [0.29, 0.717) is 0 Å². The van der Waals surface area contributed by atoms with E-state index < -0.39 is 0 Å². The smallest absolute Gasteiger partial charge is 0.135 e. The zero-order valence-electron chi connectivity index (χ0n) is 15.3. The molecule has 2 N–H and O–H groups in total. The van der Waals surface area contributed by atoms with Gasteiger partial charge in [0, 0.05) is 17.8 Å². The Kier molecular flexibility index (Phi) is 5.69. The second-order valence-electron chi connectivity index (χ2n) is 6.38. The number of hydrogen-bond donors (Lipinski definition) is 2. The molecule has 3 rings (SSSR count). The van der Waals surface area contributed by atoms with E-state index in [4.69, 9.17) is 4.74 Å². The minimum Gasteiger partial charge on any atom is -0.491 e. The summed E-state index contributed by atoms with van der Waals surface area (Å²) >= 11 is 0. The largest absolute Gasteiger partial charge is 0.491 e. The fraction of sp³-hybridized carbons (Fsp3) is 0.238. The van der Waals surface area contributed by atoms with Crippen molar-refractivity contribution in [2.24, 2.45) is 0 Å². The highest BCUT2D eigenvalue weighted by Gasteiger charge is 2.07. The number of aromatic nitrogens is 2. The number of nitrogens with one attached hydrogen (secondary N) is 2. The van der Waals surface area contributed by atoms with Crippen molar-refractivity contribution < 1.29 is 4.74 Å². The lowest BCUT2D eigenvalue weighted by Crippen LogP contribution is -2.08. The number of ether oxygens (including phenoxy) is 1. The van der Waals surface area contributed by atoms with E-state index >= 15 is 0 Å². The molecule has 0 bridgehead atoms. The third kappa shape index (κ3) is 4.96. The third-order valence-corrected chi connectivity index (χ3v) is 3.83. The Labute approximate surface area is 154 Å². The Morgan fingerprint density at radius 3 is 2.23 bits per heavy atom. The quantitative estimate of drug-likeness (QED) is 0.616. The first-order valence-corrected chi connectivity index (χ1v) is 8.77. The Morgan fingerprint density at radius 2 is 1.54 bits per heavy atom. The molecule has 0 spiro atoms. The van der Waals surface area contributed by atoms with E-state index in [9.17, 15) is 0 Å². The zero-order valence-corrected chi connectivity index (χ0v) is 15.3. The predicted molar refractivity (Wildman–Crippen MR) is 106 cm³/mol. The number of hydrogen-bond acceptors (Lipinski definition) is 5. The van der Waals surface area contributed by atoms with Crippen molar-refractivity contribution in [3.63, 3.8) is 0 Å². The lowest BCUT2D eigenvalue weighted by Gasteiger charge is -2.15. The van der Waals surface area contributed by atoms with Gasteiger partial charge < -0.3 is 15.4 Å². The molecule has 134 valence electrons. The van der Waals surface area contributed by atoms with Crippen LogP contribution in [0.1, 0.15) is 32.4 Å². The Bertz CT molecular complexity index is 819.